The SMILES string of the molecule is CN(CC1CCCOC1)C(=O)c1ncccc1C(=O)O. The maximum absolute atomic E-state index is 12.3. The largest absolute Gasteiger partial charge is 0.478 e. The third kappa shape index (κ3) is 3.33. The predicted molar refractivity (Wildman–Crippen MR) is 71.7 cm³/mol. The molecule has 0 radical (unpaired) electrons. The van der Waals surface area contributed by atoms with Crippen molar-refractivity contribution < 1.29 is 19.4 Å². The number of pyridine rings is 1. The lowest BCUT2D eigenvalue weighted by molar-refractivity contribution is 0.0385. The highest BCUT2D eigenvalue weighted by molar-refractivity contribution is 6.03. The molecule has 1 atom stereocenters. The Morgan fingerprint density at radius 2 is 2.35 bits per heavy atom. The van der Waals surface area contributed by atoms with E-state index in [1.54, 1.807) is 7.05 Å². The second-order valence-electron chi connectivity index (χ2n) is 4.97. The lowest BCUT2D eigenvalue weighted by atomic mass is 10.0. The van der Waals surface area contributed by atoms with Crippen LogP contribution in [-0.4, -0.2) is 53.7 Å². The van der Waals surface area contributed by atoms with Crippen LogP contribution in [0.25, 0.3) is 0 Å². The Morgan fingerprint density at radius 3 is 3.00 bits per heavy atom. The number of hydrogen-bond donors (Lipinski definition) is 1. The number of carboxylic acids is 1. The maximum atomic E-state index is 12.3. The zero-order valence-electron chi connectivity index (χ0n) is 11.4. The van der Waals surface area contributed by atoms with Gasteiger partial charge in [-0.3, -0.25) is 9.78 Å². The zero-order valence-corrected chi connectivity index (χ0v) is 11.4. The molecule has 1 fully saturated rings. The van der Waals surface area contributed by atoms with Crippen molar-refractivity contribution in [2.75, 3.05) is 26.8 Å². The predicted octanol–water partition coefficient (Wildman–Crippen LogP) is 1.28. The molecule has 1 aromatic rings. The van der Waals surface area contributed by atoms with Gasteiger partial charge in [0.1, 0.15) is 5.69 Å². The van der Waals surface area contributed by atoms with Crippen molar-refractivity contribution in [3.05, 3.63) is 29.6 Å². The van der Waals surface area contributed by atoms with Crippen molar-refractivity contribution in [2.24, 2.45) is 5.92 Å². The fourth-order valence-electron chi connectivity index (χ4n) is 2.35. The lowest BCUT2D eigenvalue weighted by Gasteiger charge is -2.27. The van der Waals surface area contributed by atoms with Crippen molar-refractivity contribution in [1.29, 1.82) is 0 Å². The van der Waals surface area contributed by atoms with Gasteiger partial charge in [-0.05, 0) is 30.9 Å². The van der Waals surface area contributed by atoms with E-state index in [0.717, 1.165) is 19.4 Å². The summed E-state index contributed by atoms with van der Waals surface area (Å²) in [6.07, 6.45) is 3.44. The van der Waals surface area contributed by atoms with Crippen LogP contribution >= 0.6 is 0 Å². The fraction of sp³-hybridized carbons (Fsp3) is 0.500. The number of carboxylic acid groups (broad SMARTS) is 1. The molecule has 6 nitrogen and oxygen atoms in total. The Morgan fingerprint density at radius 1 is 1.55 bits per heavy atom. The summed E-state index contributed by atoms with van der Waals surface area (Å²) in [6.45, 7) is 1.97. The average molecular weight is 278 g/mol. The van der Waals surface area contributed by atoms with Crippen LogP contribution in [-0.2, 0) is 4.74 Å². The average Bonchev–Trinajstić information content (AvgIpc) is 2.47. The van der Waals surface area contributed by atoms with Gasteiger partial charge in [0.2, 0.25) is 0 Å². The van der Waals surface area contributed by atoms with E-state index in [-0.39, 0.29) is 17.2 Å². The Labute approximate surface area is 117 Å². The molecule has 1 aliphatic rings. The molecule has 1 saturated heterocycles. The van der Waals surface area contributed by atoms with Crippen molar-refractivity contribution in [2.45, 2.75) is 12.8 Å². The van der Waals surface area contributed by atoms with Crippen molar-refractivity contribution in [3.63, 3.8) is 0 Å². The summed E-state index contributed by atoms with van der Waals surface area (Å²) in [6, 6.07) is 2.90. The van der Waals surface area contributed by atoms with Gasteiger partial charge in [-0.2, -0.15) is 0 Å². The molecule has 0 aromatic carbocycles. The van der Waals surface area contributed by atoms with Crippen LogP contribution in [0.15, 0.2) is 18.3 Å². The number of rotatable bonds is 4. The molecular weight excluding hydrogens is 260 g/mol. The van der Waals surface area contributed by atoms with Crippen LogP contribution in [0.2, 0.25) is 0 Å². The Bertz CT molecular complexity index is 498. The topological polar surface area (TPSA) is 79.7 Å². The molecule has 0 saturated carbocycles. The number of carbonyl (C=O) groups is 2. The smallest absolute Gasteiger partial charge is 0.338 e. The standard InChI is InChI=1S/C14H18N2O4/c1-16(8-10-4-3-7-20-9-10)13(17)12-11(14(18)19)5-2-6-15-12/h2,5-6,10H,3-4,7-9H2,1H3,(H,18,19). The zero-order chi connectivity index (χ0) is 14.5. The van der Waals surface area contributed by atoms with E-state index >= 15 is 0 Å². The van der Waals surface area contributed by atoms with Crippen molar-refractivity contribution >= 4 is 11.9 Å². The summed E-state index contributed by atoms with van der Waals surface area (Å²) < 4.78 is 5.38. The van der Waals surface area contributed by atoms with Gasteiger partial charge in [0.05, 0.1) is 12.2 Å². The molecule has 108 valence electrons. The van der Waals surface area contributed by atoms with Crippen molar-refractivity contribution in [3.8, 4) is 0 Å². The molecule has 0 spiro atoms. The first-order valence-electron chi connectivity index (χ1n) is 6.61. The van der Waals surface area contributed by atoms with Crippen LogP contribution in [0.5, 0.6) is 0 Å². The minimum Gasteiger partial charge on any atom is -0.478 e. The van der Waals surface area contributed by atoms with Gasteiger partial charge < -0.3 is 14.7 Å². The van der Waals surface area contributed by atoms with Crippen LogP contribution in [0.1, 0.15) is 33.7 Å². The molecule has 1 amide bonds. The Balaban J connectivity index is 2.08. The van der Waals surface area contributed by atoms with E-state index in [2.05, 4.69) is 4.98 Å². The number of nitrogens with zero attached hydrogens (tertiary/aromatic N) is 2. The van der Waals surface area contributed by atoms with E-state index < -0.39 is 5.97 Å². The van der Waals surface area contributed by atoms with E-state index in [4.69, 9.17) is 9.84 Å². The number of amides is 1. The van der Waals surface area contributed by atoms with Gasteiger partial charge in [-0.15, -0.1) is 0 Å². The maximum Gasteiger partial charge on any atom is 0.338 e. The monoisotopic (exact) mass is 278 g/mol. The highest BCUT2D eigenvalue weighted by Gasteiger charge is 2.23. The number of aromatic carboxylic acids is 1. The summed E-state index contributed by atoms with van der Waals surface area (Å²) in [5.41, 5.74) is -0.0801. The Hall–Kier alpha value is -1.95. The van der Waals surface area contributed by atoms with E-state index in [0.29, 0.717) is 19.1 Å². The summed E-state index contributed by atoms with van der Waals surface area (Å²) in [7, 11) is 1.66. The number of hydrogen-bond acceptors (Lipinski definition) is 4. The number of ether oxygens (including phenoxy) is 1. The normalized spacial score (nSPS) is 18.6. The molecule has 1 N–H and O–H groups in total. The fourth-order valence-corrected chi connectivity index (χ4v) is 2.35. The first-order chi connectivity index (χ1) is 9.59. The lowest BCUT2D eigenvalue weighted by Crippen LogP contribution is -2.36. The number of aromatic nitrogens is 1. The molecule has 1 aromatic heterocycles. The van der Waals surface area contributed by atoms with Crippen molar-refractivity contribution in [1.82, 2.24) is 9.88 Å². The summed E-state index contributed by atoms with van der Waals surface area (Å²) in [4.78, 5) is 28.8. The molecule has 6 heteroatoms. The van der Waals surface area contributed by atoms with E-state index in [9.17, 15) is 9.59 Å². The number of carbonyl (C=O) groups excluding carboxylic acids is 1. The second-order valence-corrected chi connectivity index (χ2v) is 4.97. The van der Waals surface area contributed by atoms with Gasteiger partial charge in [0.15, 0.2) is 0 Å². The highest BCUT2D eigenvalue weighted by atomic mass is 16.5. The van der Waals surface area contributed by atoms with Crippen LogP contribution in [0.3, 0.4) is 0 Å². The van der Waals surface area contributed by atoms with Crippen LogP contribution in [0, 0.1) is 5.92 Å². The first kappa shape index (κ1) is 14.5. The van der Waals surface area contributed by atoms with Gasteiger partial charge in [-0.1, -0.05) is 0 Å². The van der Waals surface area contributed by atoms with E-state index in [1.807, 2.05) is 0 Å². The molecule has 0 bridgehead atoms. The van der Waals surface area contributed by atoms with E-state index in [1.165, 1.54) is 23.2 Å². The second kappa shape index (κ2) is 6.47. The van der Waals surface area contributed by atoms with Gasteiger partial charge in [0.25, 0.3) is 5.91 Å². The molecule has 1 aliphatic heterocycles. The molecule has 2 rings (SSSR count). The van der Waals surface area contributed by atoms with Gasteiger partial charge >= 0.3 is 5.97 Å². The third-order valence-electron chi connectivity index (χ3n) is 3.37. The first-order valence-corrected chi connectivity index (χ1v) is 6.61. The van der Waals surface area contributed by atoms with Gasteiger partial charge in [-0.25, -0.2) is 4.79 Å². The summed E-state index contributed by atoms with van der Waals surface area (Å²) in [5.74, 6) is -1.21. The molecule has 2 heterocycles. The Kier molecular flexibility index (Phi) is 4.68. The molecule has 0 aliphatic carbocycles. The van der Waals surface area contributed by atoms with Gasteiger partial charge in [0, 0.05) is 26.4 Å². The quantitative estimate of drug-likeness (QED) is 0.897. The summed E-state index contributed by atoms with van der Waals surface area (Å²) >= 11 is 0. The third-order valence-corrected chi connectivity index (χ3v) is 3.37. The molecule has 1 unspecified atom stereocenters. The van der Waals surface area contributed by atoms with Crippen LogP contribution in [0.4, 0.5) is 0 Å². The van der Waals surface area contributed by atoms with Crippen LogP contribution < -0.4 is 0 Å². The minimum absolute atomic E-state index is 0.0146. The molecule has 20 heavy (non-hydrogen) atoms. The highest BCUT2D eigenvalue weighted by Crippen LogP contribution is 2.16. The minimum atomic E-state index is -1.14. The molecular formula is C14H18N2O4. The summed E-state index contributed by atoms with van der Waals surface area (Å²) in [5, 5.41) is 9.09.